The molecule has 3 aromatic rings. The van der Waals surface area contributed by atoms with Crippen LogP contribution in [0.2, 0.25) is 5.02 Å². The van der Waals surface area contributed by atoms with Gasteiger partial charge in [-0.3, -0.25) is 10.1 Å². The number of furan rings is 1. The van der Waals surface area contributed by atoms with Gasteiger partial charge in [-0.05, 0) is 42.8 Å². The standard InChI is InChI=1S/C20H18ClN3O4.H3O4P/c1-2-4-15(19-7-8-20(28-19)24(26)27)18-12-16(22-9-3-10-25)14-6-5-13(21)11-17(14)23-18;1-5(2,3)4/h2,4-8,11-12,25H,1,3,9-10H2,(H,22,23);(H3,1,2,3,4)/b15-4-;. The molecule has 11 nitrogen and oxygen atoms in total. The maximum atomic E-state index is 11.0. The molecular formula is C20H21ClN3O8P. The van der Waals surface area contributed by atoms with Crippen LogP contribution in [0.4, 0.5) is 11.6 Å². The third-order valence-electron chi connectivity index (χ3n) is 4.02. The monoisotopic (exact) mass is 497 g/mol. The summed E-state index contributed by atoms with van der Waals surface area (Å²) < 4.78 is 14.2. The number of aliphatic hydroxyl groups is 1. The van der Waals surface area contributed by atoms with E-state index in [0.717, 1.165) is 11.1 Å². The Hall–Kier alpha value is -3.05. The predicted molar refractivity (Wildman–Crippen MR) is 124 cm³/mol. The Morgan fingerprint density at radius 1 is 1.27 bits per heavy atom. The minimum atomic E-state index is -4.64. The molecule has 0 saturated heterocycles. The number of nitrogens with one attached hydrogen (secondary N) is 1. The number of phosphoric acid groups is 1. The van der Waals surface area contributed by atoms with Crippen LogP contribution in [0.1, 0.15) is 17.9 Å². The number of allylic oxidation sites excluding steroid dienone is 2. The van der Waals surface area contributed by atoms with Gasteiger partial charge in [0.1, 0.15) is 10.7 Å². The molecule has 0 bridgehead atoms. The molecule has 0 unspecified atom stereocenters. The molecule has 2 aromatic heterocycles. The lowest BCUT2D eigenvalue weighted by atomic mass is 10.1. The van der Waals surface area contributed by atoms with Gasteiger partial charge < -0.3 is 29.5 Å². The molecule has 0 radical (unpaired) electrons. The lowest BCUT2D eigenvalue weighted by Crippen LogP contribution is -2.05. The van der Waals surface area contributed by atoms with Crippen molar-refractivity contribution in [3.8, 4) is 0 Å². The number of hydrogen-bond acceptors (Lipinski definition) is 7. The number of anilines is 1. The summed E-state index contributed by atoms with van der Waals surface area (Å²) in [5.41, 5.74) is 2.56. The van der Waals surface area contributed by atoms with E-state index < -0.39 is 12.7 Å². The second-order valence-corrected chi connectivity index (χ2v) is 7.91. The zero-order chi connectivity index (χ0) is 24.6. The van der Waals surface area contributed by atoms with Gasteiger partial charge in [0.05, 0.1) is 17.3 Å². The van der Waals surface area contributed by atoms with E-state index >= 15 is 0 Å². The van der Waals surface area contributed by atoms with Crippen molar-refractivity contribution in [1.29, 1.82) is 0 Å². The number of nitro groups is 1. The predicted octanol–water partition coefficient (Wildman–Crippen LogP) is 3.87. The molecule has 0 aliphatic heterocycles. The van der Waals surface area contributed by atoms with Crippen LogP contribution in [0.3, 0.4) is 0 Å². The van der Waals surface area contributed by atoms with Gasteiger partial charge in [-0.1, -0.05) is 24.3 Å². The second-order valence-electron chi connectivity index (χ2n) is 6.44. The fraction of sp³-hybridized carbons (Fsp3) is 0.150. The third kappa shape index (κ3) is 8.10. The molecule has 2 heterocycles. The molecular weight excluding hydrogens is 477 g/mol. The quantitative estimate of drug-likeness (QED) is 0.101. The molecule has 3 rings (SSSR count). The van der Waals surface area contributed by atoms with E-state index in [1.165, 1.54) is 12.1 Å². The van der Waals surface area contributed by atoms with Gasteiger partial charge in [-0.2, -0.15) is 0 Å². The van der Waals surface area contributed by atoms with Gasteiger partial charge in [0.15, 0.2) is 0 Å². The number of pyridine rings is 1. The molecule has 176 valence electrons. The van der Waals surface area contributed by atoms with Crippen LogP contribution in [0.25, 0.3) is 16.5 Å². The molecule has 13 heteroatoms. The molecule has 0 spiro atoms. The molecule has 0 saturated carbocycles. The summed E-state index contributed by atoms with van der Waals surface area (Å²) in [5, 5.41) is 24.7. The van der Waals surface area contributed by atoms with Crippen molar-refractivity contribution < 1.29 is 33.7 Å². The number of rotatable bonds is 8. The molecule has 0 atom stereocenters. The summed E-state index contributed by atoms with van der Waals surface area (Å²) in [5.74, 6) is -0.0446. The Morgan fingerprint density at radius 2 is 1.97 bits per heavy atom. The first-order valence-corrected chi connectivity index (χ1v) is 11.3. The zero-order valence-corrected chi connectivity index (χ0v) is 18.7. The van der Waals surface area contributed by atoms with Crippen molar-refractivity contribution in [1.82, 2.24) is 4.98 Å². The van der Waals surface area contributed by atoms with Crippen LogP contribution in [-0.4, -0.2) is 42.8 Å². The van der Waals surface area contributed by atoms with Crippen molar-refractivity contribution in [3.05, 3.63) is 81.7 Å². The molecule has 5 N–H and O–H groups in total. The van der Waals surface area contributed by atoms with Crippen LogP contribution in [0, 0.1) is 10.1 Å². The molecule has 0 aliphatic rings. The van der Waals surface area contributed by atoms with E-state index in [-0.39, 0.29) is 12.5 Å². The van der Waals surface area contributed by atoms with Crippen LogP contribution >= 0.6 is 19.4 Å². The Bertz CT molecular complexity index is 1210. The zero-order valence-electron chi connectivity index (χ0n) is 17.1. The first-order valence-electron chi connectivity index (χ1n) is 9.34. The maximum Gasteiger partial charge on any atom is 0.466 e. The Kier molecular flexibility index (Phi) is 9.30. The van der Waals surface area contributed by atoms with Gasteiger partial charge in [0.25, 0.3) is 0 Å². The van der Waals surface area contributed by atoms with Crippen molar-refractivity contribution >= 4 is 47.5 Å². The molecule has 0 fully saturated rings. The largest absolute Gasteiger partial charge is 0.466 e. The van der Waals surface area contributed by atoms with Gasteiger partial charge in [0, 0.05) is 34.8 Å². The van der Waals surface area contributed by atoms with Gasteiger partial charge in [-0.25, -0.2) is 9.55 Å². The molecule has 0 amide bonds. The lowest BCUT2D eigenvalue weighted by molar-refractivity contribution is -0.402. The smallest absolute Gasteiger partial charge is 0.401 e. The number of aliphatic hydroxyl groups excluding tert-OH is 1. The summed E-state index contributed by atoms with van der Waals surface area (Å²) in [6.07, 6.45) is 3.83. The first kappa shape index (κ1) is 26.2. The number of fused-ring (bicyclic) bond motifs is 1. The number of benzene rings is 1. The number of nitrogens with zero attached hydrogens (tertiary/aromatic N) is 2. The minimum Gasteiger partial charge on any atom is -0.401 e. The van der Waals surface area contributed by atoms with Crippen molar-refractivity contribution in [2.24, 2.45) is 0 Å². The summed E-state index contributed by atoms with van der Waals surface area (Å²) in [4.78, 5) is 36.6. The summed E-state index contributed by atoms with van der Waals surface area (Å²) >= 11 is 6.13. The SMILES string of the molecule is C=C/C=C(/c1cc(NCCCO)c2ccc(Cl)cc2n1)c1ccc([N+](=O)[O-])o1.O=P(O)(O)O. The fourth-order valence-corrected chi connectivity index (χ4v) is 2.94. The fourth-order valence-electron chi connectivity index (χ4n) is 2.77. The topological polar surface area (TPSA) is 179 Å². The normalized spacial score (nSPS) is 11.6. The highest BCUT2D eigenvalue weighted by atomic mass is 35.5. The third-order valence-corrected chi connectivity index (χ3v) is 4.26. The van der Waals surface area contributed by atoms with Crippen LogP contribution in [-0.2, 0) is 4.57 Å². The lowest BCUT2D eigenvalue weighted by Gasteiger charge is -2.13. The van der Waals surface area contributed by atoms with E-state index in [4.69, 9.17) is 40.4 Å². The maximum absolute atomic E-state index is 11.0. The van der Waals surface area contributed by atoms with Crippen LogP contribution < -0.4 is 5.32 Å². The second kappa shape index (κ2) is 11.7. The Labute approximate surface area is 193 Å². The summed E-state index contributed by atoms with van der Waals surface area (Å²) in [7, 11) is -4.64. The van der Waals surface area contributed by atoms with E-state index in [9.17, 15) is 10.1 Å². The average Bonchev–Trinajstić information content (AvgIpc) is 3.20. The van der Waals surface area contributed by atoms with Gasteiger partial charge in [0.2, 0.25) is 0 Å². The van der Waals surface area contributed by atoms with E-state index in [1.807, 2.05) is 12.1 Å². The number of aromatic nitrogens is 1. The minimum absolute atomic E-state index is 0.0758. The molecule has 0 aliphatic carbocycles. The first-order chi connectivity index (χ1) is 15.5. The summed E-state index contributed by atoms with van der Waals surface area (Å²) in [6, 6.07) is 10.0. The van der Waals surface area contributed by atoms with Gasteiger partial charge >= 0.3 is 13.7 Å². The Morgan fingerprint density at radius 3 is 2.55 bits per heavy atom. The van der Waals surface area contributed by atoms with Crippen LogP contribution in [0.15, 0.2) is 59.5 Å². The van der Waals surface area contributed by atoms with Gasteiger partial charge in [-0.15, -0.1) is 0 Å². The van der Waals surface area contributed by atoms with Crippen LogP contribution in [0.5, 0.6) is 0 Å². The number of halogens is 1. The average molecular weight is 498 g/mol. The highest BCUT2D eigenvalue weighted by Crippen LogP contribution is 2.32. The van der Waals surface area contributed by atoms with E-state index in [0.29, 0.717) is 40.5 Å². The molecule has 1 aromatic carbocycles. The van der Waals surface area contributed by atoms with E-state index in [2.05, 4.69) is 16.9 Å². The number of hydrogen-bond donors (Lipinski definition) is 5. The highest BCUT2D eigenvalue weighted by Gasteiger charge is 2.18. The van der Waals surface area contributed by atoms with Crippen molar-refractivity contribution in [2.45, 2.75) is 6.42 Å². The highest BCUT2D eigenvalue weighted by molar-refractivity contribution is 7.45. The van der Waals surface area contributed by atoms with Crippen molar-refractivity contribution in [3.63, 3.8) is 0 Å². The Balaban J connectivity index is 0.000000696. The van der Waals surface area contributed by atoms with E-state index in [1.54, 1.807) is 24.3 Å². The van der Waals surface area contributed by atoms with Crippen molar-refractivity contribution in [2.75, 3.05) is 18.5 Å². The summed E-state index contributed by atoms with van der Waals surface area (Å²) in [6.45, 7) is 4.36. The molecule has 33 heavy (non-hydrogen) atoms.